The summed E-state index contributed by atoms with van der Waals surface area (Å²) in [5, 5.41) is 10.9. The number of piperidine rings is 1. The van der Waals surface area contributed by atoms with E-state index in [1.165, 1.54) is 5.56 Å². The number of ketones is 1. The van der Waals surface area contributed by atoms with Crippen LogP contribution in [0.5, 0.6) is 0 Å². The van der Waals surface area contributed by atoms with Crippen LogP contribution < -0.4 is 0 Å². The highest BCUT2D eigenvalue weighted by atomic mass is 19.1. The van der Waals surface area contributed by atoms with Crippen molar-refractivity contribution in [1.29, 1.82) is 0 Å². The monoisotopic (exact) mass is 369 g/mol. The van der Waals surface area contributed by atoms with Gasteiger partial charge in [0.1, 0.15) is 0 Å². The van der Waals surface area contributed by atoms with Crippen LogP contribution in [0.4, 0.5) is 4.39 Å². The third-order valence-electron chi connectivity index (χ3n) is 5.48. The molecule has 1 aliphatic rings. The van der Waals surface area contributed by atoms with Gasteiger partial charge in [0.2, 0.25) is 0 Å². The Bertz CT molecular complexity index is 737. The van der Waals surface area contributed by atoms with Crippen molar-refractivity contribution in [2.24, 2.45) is 0 Å². The predicted molar refractivity (Wildman–Crippen MR) is 106 cm³/mol. The van der Waals surface area contributed by atoms with Crippen molar-refractivity contribution in [2.75, 3.05) is 13.1 Å². The van der Waals surface area contributed by atoms with Gasteiger partial charge in [0.25, 0.3) is 0 Å². The fourth-order valence-electron chi connectivity index (χ4n) is 3.68. The Hall–Kier alpha value is -2.04. The Labute approximate surface area is 160 Å². The molecule has 1 fully saturated rings. The molecule has 1 atom stereocenters. The number of aliphatic hydroxyl groups is 1. The molecule has 2 aromatic rings. The first-order valence-electron chi connectivity index (χ1n) is 9.69. The number of nitrogens with zero attached hydrogens (tertiary/aromatic N) is 1. The summed E-state index contributed by atoms with van der Waals surface area (Å²) in [6.07, 6.45) is 0.966. The maximum Gasteiger partial charge on any atom is 0.163 e. The van der Waals surface area contributed by atoms with Gasteiger partial charge in [0, 0.05) is 31.5 Å². The van der Waals surface area contributed by atoms with Crippen molar-refractivity contribution in [3.63, 3.8) is 0 Å². The minimum atomic E-state index is -1.14. The van der Waals surface area contributed by atoms with Gasteiger partial charge in [-0.2, -0.15) is 0 Å². The lowest BCUT2D eigenvalue weighted by Gasteiger charge is -2.39. The van der Waals surface area contributed by atoms with E-state index in [2.05, 4.69) is 12.1 Å². The molecule has 144 valence electrons. The van der Waals surface area contributed by atoms with E-state index in [0.29, 0.717) is 37.9 Å². The second-order valence-electron chi connectivity index (χ2n) is 7.69. The smallest absolute Gasteiger partial charge is 0.163 e. The minimum absolute atomic E-state index is 0.0221. The average molecular weight is 369 g/mol. The van der Waals surface area contributed by atoms with Crippen LogP contribution in [0.3, 0.4) is 0 Å². The third kappa shape index (κ3) is 5.47. The molecule has 1 unspecified atom stereocenters. The van der Waals surface area contributed by atoms with Crippen molar-refractivity contribution >= 4 is 5.78 Å². The lowest BCUT2D eigenvalue weighted by molar-refractivity contribution is -0.0510. The van der Waals surface area contributed by atoms with Crippen LogP contribution in [0.15, 0.2) is 54.6 Å². The van der Waals surface area contributed by atoms with Gasteiger partial charge in [-0.3, -0.25) is 9.69 Å². The Balaban J connectivity index is 1.46. The molecular weight excluding hydrogens is 341 g/mol. The second kappa shape index (κ2) is 8.77. The standard InChI is InChI=1S/C23H28FNO2/c1-18-7-9-19(10-8-18)17-23(27)13-15-25(16-14-23)22(24)12-11-21(26)20-5-3-2-4-6-20/h2-10,22,27H,11-17H2,1H3. The molecule has 0 aromatic heterocycles. The summed E-state index contributed by atoms with van der Waals surface area (Å²) >= 11 is 0. The van der Waals surface area contributed by atoms with Crippen molar-refractivity contribution in [1.82, 2.24) is 4.90 Å². The van der Waals surface area contributed by atoms with Gasteiger partial charge in [-0.1, -0.05) is 60.2 Å². The van der Waals surface area contributed by atoms with E-state index >= 15 is 0 Å². The second-order valence-corrected chi connectivity index (χ2v) is 7.69. The summed E-state index contributed by atoms with van der Waals surface area (Å²) in [5.74, 6) is -0.0221. The number of hydrogen-bond donors (Lipinski definition) is 1. The number of carbonyl (C=O) groups excluding carboxylic acids is 1. The van der Waals surface area contributed by atoms with Gasteiger partial charge in [0.05, 0.1) is 5.60 Å². The first kappa shape index (κ1) is 19.7. The highest BCUT2D eigenvalue weighted by Crippen LogP contribution is 2.28. The maximum atomic E-state index is 14.6. The topological polar surface area (TPSA) is 40.5 Å². The van der Waals surface area contributed by atoms with Crippen molar-refractivity contribution in [2.45, 2.75) is 50.9 Å². The Morgan fingerprint density at radius 1 is 1.11 bits per heavy atom. The zero-order valence-corrected chi connectivity index (χ0v) is 15.9. The molecule has 1 N–H and O–H groups in total. The molecule has 0 saturated carbocycles. The molecule has 0 bridgehead atoms. The predicted octanol–water partition coefficient (Wildman–Crippen LogP) is 4.32. The summed E-state index contributed by atoms with van der Waals surface area (Å²) < 4.78 is 14.6. The quantitative estimate of drug-likeness (QED) is 0.584. The van der Waals surface area contributed by atoms with E-state index in [1.54, 1.807) is 17.0 Å². The summed E-state index contributed by atoms with van der Waals surface area (Å²) in [4.78, 5) is 13.9. The number of halogens is 1. The molecule has 1 heterocycles. The molecule has 1 saturated heterocycles. The van der Waals surface area contributed by atoms with Crippen LogP contribution in [0.1, 0.15) is 47.2 Å². The number of benzene rings is 2. The van der Waals surface area contributed by atoms with Crippen LogP contribution in [0, 0.1) is 6.92 Å². The number of Topliss-reactive ketones (excluding diaryl/α,β-unsaturated/α-hetero) is 1. The Kier molecular flexibility index (Phi) is 6.40. The molecule has 2 aromatic carbocycles. The summed E-state index contributed by atoms with van der Waals surface area (Å²) in [6, 6.07) is 17.2. The molecule has 0 aliphatic carbocycles. The molecule has 0 spiro atoms. The van der Waals surface area contributed by atoms with Crippen LogP contribution in [-0.4, -0.2) is 40.8 Å². The molecule has 4 heteroatoms. The van der Waals surface area contributed by atoms with Gasteiger partial charge in [0.15, 0.2) is 12.1 Å². The number of carbonyl (C=O) groups is 1. The number of rotatable bonds is 7. The fourth-order valence-corrected chi connectivity index (χ4v) is 3.68. The number of aryl methyl sites for hydroxylation is 1. The van der Waals surface area contributed by atoms with E-state index in [1.807, 2.05) is 37.3 Å². The molecule has 0 amide bonds. The Morgan fingerprint density at radius 2 is 1.74 bits per heavy atom. The van der Waals surface area contributed by atoms with Gasteiger partial charge in [-0.25, -0.2) is 4.39 Å². The zero-order valence-electron chi connectivity index (χ0n) is 15.9. The minimum Gasteiger partial charge on any atom is -0.389 e. The number of alkyl halides is 1. The highest BCUT2D eigenvalue weighted by molar-refractivity contribution is 5.95. The van der Waals surface area contributed by atoms with E-state index < -0.39 is 11.9 Å². The van der Waals surface area contributed by atoms with Crippen molar-refractivity contribution < 1.29 is 14.3 Å². The average Bonchev–Trinajstić information content (AvgIpc) is 2.69. The van der Waals surface area contributed by atoms with E-state index in [4.69, 9.17) is 0 Å². The highest BCUT2D eigenvalue weighted by Gasteiger charge is 2.34. The van der Waals surface area contributed by atoms with Crippen molar-refractivity contribution in [3.05, 3.63) is 71.3 Å². The van der Waals surface area contributed by atoms with Crippen LogP contribution in [0.25, 0.3) is 0 Å². The number of hydrogen-bond acceptors (Lipinski definition) is 3. The third-order valence-corrected chi connectivity index (χ3v) is 5.48. The first-order valence-corrected chi connectivity index (χ1v) is 9.69. The number of likely N-dealkylation sites (tertiary alicyclic amines) is 1. The van der Waals surface area contributed by atoms with Crippen LogP contribution in [0.2, 0.25) is 0 Å². The zero-order chi connectivity index (χ0) is 19.3. The Morgan fingerprint density at radius 3 is 2.37 bits per heavy atom. The van der Waals surface area contributed by atoms with Crippen LogP contribution in [-0.2, 0) is 6.42 Å². The summed E-state index contributed by atoms with van der Waals surface area (Å²) in [5.41, 5.74) is 2.18. The molecule has 3 rings (SSSR count). The largest absolute Gasteiger partial charge is 0.389 e. The van der Waals surface area contributed by atoms with Gasteiger partial charge in [-0.15, -0.1) is 0 Å². The van der Waals surface area contributed by atoms with E-state index in [0.717, 1.165) is 5.56 Å². The summed E-state index contributed by atoms with van der Waals surface area (Å²) in [6.45, 7) is 3.08. The maximum absolute atomic E-state index is 14.6. The summed E-state index contributed by atoms with van der Waals surface area (Å²) in [7, 11) is 0. The molecular formula is C23H28FNO2. The SMILES string of the molecule is Cc1ccc(CC2(O)CCN(C(F)CCC(=O)c3ccccc3)CC2)cc1. The van der Waals surface area contributed by atoms with Gasteiger partial charge < -0.3 is 5.11 Å². The fraction of sp³-hybridized carbons (Fsp3) is 0.435. The molecule has 0 radical (unpaired) electrons. The lowest BCUT2D eigenvalue weighted by Crippen LogP contribution is -2.48. The van der Waals surface area contributed by atoms with Crippen LogP contribution >= 0.6 is 0 Å². The van der Waals surface area contributed by atoms with Gasteiger partial charge >= 0.3 is 0 Å². The molecule has 1 aliphatic heterocycles. The molecule has 3 nitrogen and oxygen atoms in total. The van der Waals surface area contributed by atoms with E-state index in [9.17, 15) is 14.3 Å². The molecule has 27 heavy (non-hydrogen) atoms. The van der Waals surface area contributed by atoms with E-state index in [-0.39, 0.29) is 18.6 Å². The van der Waals surface area contributed by atoms with Crippen molar-refractivity contribution in [3.8, 4) is 0 Å². The van der Waals surface area contributed by atoms with Gasteiger partial charge in [-0.05, 0) is 31.7 Å². The first-order chi connectivity index (χ1) is 13.0. The lowest BCUT2D eigenvalue weighted by atomic mass is 9.85. The normalized spacial score (nSPS) is 18.2.